The van der Waals surface area contributed by atoms with E-state index in [0.29, 0.717) is 29.3 Å². The van der Waals surface area contributed by atoms with E-state index in [1.165, 1.54) is 32.7 Å². The van der Waals surface area contributed by atoms with Gasteiger partial charge in [0.2, 0.25) is 0 Å². The number of imidazole rings is 1. The number of nitrogens with one attached hydrogen (secondary N) is 1. The van der Waals surface area contributed by atoms with Gasteiger partial charge in [-0.1, -0.05) is 0 Å². The smallest absolute Gasteiger partial charge is 0.387 e. The Balaban J connectivity index is 1.40. The van der Waals surface area contributed by atoms with Crippen molar-refractivity contribution in [2.75, 3.05) is 33.4 Å². The van der Waals surface area contributed by atoms with Gasteiger partial charge in [0.1, 0.15) is 28.5 Å². The Hall–Kier alpha value is -3.40. The van der Waals surface area contributed by atoms with Crippen LogP contribution >= 0.6 is 0 Å². The third-order valence-corrected chi connectivity index (χ3v) is 6.26. The molecule has 10 heteroatoms. The SMILES string of the molecule is COc1cc(-c2cnc3cc(OCCCN4CCC4)ccn23)cc(OC(F)F)c1C(=O)NC1CC1. The van der Waals surface area contributed by atoms with Crippen LogP contribution in [0.5, 0.6) is 17.2 Å². The summed E-state index contributed by atoms with van der Waals surface area (Å²) < 4.78 is 44.3. The van der Waals surface area contributed by atoms with E-state index in [1.807, 2.05) is 22.7 Å². The predicted octanol–water partition coefficient (Wildman–Crippen LogP) is 3.98. The maximum absolute atomic E-state index is 13.2. The van der Waals surface area contributed by atoms with Crippen molar-refractivity contribution in [2.45, 2.75) is 38.3 Å². The summed E-state index contributed by atoms with van der Waals surface area (Å²) in [5.41, 5.74) is 1.75. The Labute approximate surface area is 201 Å². The lowest BCUT2D eigenvalue weighted by Crippen LogP contribution is -2.38. The van der Waals surface area contributed by atoms with Crippen molar-refractivity contribution < 1.29 is 27.8 Å². The van der Waals surface area contributed by atoms with Gasteiger partial charge in [0.15, 0.2) is 0 Å². The molecule has 8 nitrogen and oxygen atoms in total. The summed E-state index contributed by atoms with van der Waals surface area (Å²) in [5, 5.41) is 2.80. The van der Waals surface area contributed by atoms with Crippen LogP contribution in [0.1, 0.15) is 36.0 Å². The molecule has 1 aliphatic carbocycles. The lowest BCUT2D eigenvalue weighted by molar-refractivity contribution is -0.0502. The molecule has 2 aliphatic rings. The molecular weight excluding hydrogens is 458 g/mol. The zero-order chi connectivity index (χ0) is 24.4. The second-order valence-corrected chi connectivity index (χ2v) is 8.81. The zero-order valence-corrected chi connectivity index (χ0v) is 19.5. The summed E-state index contributed by atoms with van der Waals surface area (Å²) in [6.07, 6.45) is 7.41. The van der Waals surface area contributed by atoms with Crippen molar-refractivity contribution in [3.8, 4) is 28.5 Å². The summed E-state index contributed by atoms with van der Waals surface area (Å²) in [6, 6.07) is 6.77. The van der Waals surface area contributed by atoms with Crippen LogP contribution in [-0.4, -0.2) is 66.2 Å². The number of nitrogens with zero attached hydrogens (tertiary/aromatic N) is 3. The second kappa shape index (κ2) is 10.1. The summed E-state index contributed by atoms with van der Waals surface area (Å²) in [6.45, 7) is 0.907. The molecule has 0 spiro atoms. The van der Waals surface area contributed by atoms with E-state index in [1.54, 1.807) is 12.3 Å². The highest BCUT2D eigenvalue weighted by Gasteiger charge is 2.29. The van der Waals surface area contributed by atoms with Gasteiger partial charge >= 0.3 is 6.61 Å². The van der Waals surface area contributed by atoms with Crippen molar-refractivity contribution in [1.82, 2.24) is 19.6 Å². The number of amides is 1. The van der Waals surface area contributed by atoms with Gasteiger partial charge in [-0.05, 0) is 57.0 Å². The first kappa shape index (κ1) is 23.3. The fourth-order valence-corrected chi connectivity index (χ4v) is 4.15. The summed E-state index contributed by atoms with van der Waals surface area (Å²) >= 11 is 0. The molecule has 1 amide bonds. The van der Waals surface area contributed by atoms with Gasteiger partial charge in [0.05, 0.1) is 25.6 Å². The summed E-state index contributed by atoms with van der Waals surface area (Å²) in [4.78, 5) is 19.6. The Bertz CT molecular complexity index is 1210. The van der Waals surface area contributed by atoms with Crippen molar-refractivity contribution in [2.24, 2.45) is 0 Å². The fraction of sp³-hybridized carbons (Fsp3) is 0.440. The minimum atomic E-state index is -3.09. The van der Waals surface area contributed by atoms with Crippen LogP contribution in [0, 0.1) is 0 Å². The van der Waals surface area contributed by atoms with Gasteiger partial charge in [-0.15, -0.1) is 0 Å². The molecule has 1 N–H and O–H groups in total. The number of likely N-dealkylation sites (tertiary alicyclic amines) is 1. The predicted molar refractivity (Wildman–Crippen MR) is 125 cm³/mol. The number of halogens is 2. The molecule has 3 aromatic rings. The van der Waals surface area contributed by atoms with Gasteiger partial charge in [-0.2, -0.15) is 8.78 Å². The Kier molecular flexibility index (Phi) is 6.72. The molecule has 35 heavy (non-hydrogen) atoms. The molecule has 3 heterocycles. The Morgan fingerprint density at radius 3 is 2.71 bits per heavy atom. The summed E-state index contributed by atoms with van der Waals surface area (Å²) in [5.74, 6) is 0.114. The number of ether oxygens (including phenoxy) is 3. The number of alkyl halides is 2. The fourth-order valence-electron chi connectivity index (χ4n) is 4.15. The number of methoxy groups -OCH3 is 1. The zero-order valence-electron chi connectivity index (χ0n) is 19.5. The quantitative estimate of drug-likeness (QED) is 0.413. The number of aromatic nitrogens is 2. The standard InChI is InChI=1S/C25H28F2N4O4/c1-33-20-12-16(13-21(35-25(26)27)23(20)24(32)29-17-4-5-17)19-15-28-22-14-18(6-10-31(19)22)34-11-3-9-30-7-2-8-30/h6,10,12-15,17,25H,2-5,7-9,11H2,1H3,(H,29,32). The number of rotatable bonds is 11. The number of pyridine rings is 1. The first-order chi connectivity index (χ1) is 17.0. The molecule has 0 atom stereocenters. The molecule has 186 valence electrons. The molecule has 2 aromatic heterocycles. The maximum atomic E-state index is 13.2. The third kappa shape index (κ3) is 5.32. The molecule has 5 rings (SSSR count). The highest BCUT2D eigenvalue weighted by molar-refractivity contribution is 6.01. The molecule has 0 unspecified atom stereocenters. The number of hydrogen-bond acceptors (Lipinski definition) is 6. The molecule has 1 saturated carbocycles. The molecule has 1 aromatic carbocycles. The van der Waals surface area contributed by atoms with E-state index < -0.39 is 12.5 Å². The lowest BCUT2D eigenvalue weighted by atomic mass is 10.1. The molecule has 2 fully saturated rings. The van der Waals surface area contributed by atoms with Crippen LogP contribution in [0.4, 0.5) is 8.78 Å². The van der Waals surface area contributed by atoms with E-state index in [4.69, 9.17) is 14.2 Å². The number of carbonyl (C=O) groups excluding carboxylic acids is 1. The van der Waals surface area contributed by atoms with Crippen LogP contribution in [0.25, 0.3) is 16.9 Å². The van der Waals surface area contributed by atoms with Crippen molar-refractivity contribution in [3.63, 3.8) is 0 Å². The van der Waals surface area contributed by atoms with Gasteiger partial charge < -0.3 is 24.4 Å². The largest absolute Gasteiger partial charge is 0.496 e. The van der Waals surface area contributed by atoms with Gasteiger partial charge in [-0.25, -0.2) is 4.98 Å². The lowest BCUT2D eigenvalue weighted by Gasteiger charge is -2.30. The molecule has 0 radical (unpaired) electrons. The van der Waals surface area contributed by atoms with E-state index in [-0.39, 0.29) is 23.1 Å². The normalized spacial score (nSPS) is 15.8. The highest BCUT2D eigenvalue weighted by atomic mass is 19.3. The average Bonchev–Trinajstić information content (AvgIpc) is 3.51. The maximum Gasteiger partial charge on any atom is 0.387 e. The number of carbonyl (C=O) groups is 1. The monoisotopic (exact) mass is 486 g/mol. The minimum absolute atomic E-state index is 0.0498. The van der Waals surface area contributed by atoms with E-state index in [9.17, 15) is 13.6 Å². The van der Waals surface area contributed by atoms with Crippen LogP contribution < -0.4 is 19.5 Å². The van der Waals surface area contributed by atoms with E-state index in [0.717, 1.165) is 25.8 Å². The number of fused-ring (bicyclic) bond motifs is 1. The molecule has 1 saturated heterocycles. The molecule has 0 bridgehead atoms. The van der Waals surface area contributed by atoms with Crippen LogP contribution in [0.15, 0.2) is 36.7 Å². The first-order valence-electron chi connectivity index (χ1n) is 11.8. The number of benzene rings is 1. The van der Waals surface area contributed by atoms with Gasteiger partial charge in [0.25, 0.3) is 5.91 Å². The van der Waals surface area contributed by atoms with Crippen LogP contribution in [-0.2, 0) is 0 Å². The Morgan fingerprint density at radius 1 is 1.23 bits per heavy atom. The van der Waals surface area contributed by atoms with Crippen LogP contribution in [0.2, 0.25) is 0 Å². The van der Waals surface area contributed by atoms with Gasteiger partial charge in [0, 0.05) is 30.4 Å². The van der Waals surface area contributed by atoms with Crippen molar-refractivity contribution >= 4 is 11.6 Å². The molecular formula is C25H28F2N4O4. The highest BCUT2D eigenvalue weighted by Crippen LogP contribution is 2.37. The molecule has 1 aliphatic heterocycles. The van der Waals surface area contributed by atoms with Crippen LogP contribution in [0.3, 0.4) is 0 Å². The number of hydrogen-bond donors (Lipinski definition) is 1. The van der Waals surface area contributed by atoms with Crippen molar-refractivity contribution in [1.29, 1.82) is 0 Å². The van der Waals surface area contributed by atoms with Crippen molar-refractivity contribution in [3.05, 3.63) is 42.2 Å². The Morgan fingerprint density at radius 2 is 2.03 bits per heavy atom. The second-order valence-electron chi connectivity index (χ2n) is 8.81. The third-order valence-electron chi connectivity index (χ3n) is 6.26. The van der Waals surface area contributed by atoms with E-state index in [2.05, 4.69) is 15.2 Å². The van der Waals surface area contributed by atoms with Gasteiger partial charge in [-0.3, -0.25) is 9.20 Å². The summed E-state index contributed by atoms with van der Waals surface area (Å²) in [7, 11) is 1.39. The average molecular weight is 487 g/mol. The van der Waals surface area contributed by atoms with E-state index >= 15 is 0 Å². The topological polar surface area (TPSA) is 77.3 Å². The first-order valence-corrected chi connectivity index (χ1v) is 11.8. The minimum Gasteiger partial charge on any atom is -0.496 e.